The molecule has 1 N–H and O–H groups in total. The second-order valence-electron chi connectivity index (χ2n) is 11.7. The maximum Gasteiger partial charge on any atom is 0.410 e. The molecule has 3 aromatic rings. The van der Waals surface area contributed by atoms with Crippen LogP contribution in [-0.2, 0) is 9.53 Å². The molecule has 1 saturated heterocycles. The van der Waals surface area contributed by atoms with Gasteiger partial charge in [-0.2, -0.15) is 10.4 Å². The molecule has 3 aromatic heterocycles. The zero-order chi connectivity index (χ0) is 26.7. The van der Waals surface area contributed by atoms with Gasteiger partial charge >= 0.3 is 6.09 Å². The molecular formula is C28H30N6O4. The van der Waals surface area contributed by atoms with Crippen LogP contribution in [0.15, 0.2) is 36.7 Å². The number of amides is 2. The fourth-order valence-corrected chi connectivity index (χ4v) is 5.27. The summed E-state index contributed by atoms with van der Waals surface area (Å²) in [4.78, 5) is 30.4. The van der Waals surface area contributed by atoms with E-state index in [0.29, 0.717) is 30.4 Å². The van der Waals surface area contributed by atoms with Crippen molar-refractivity contribution in [2.24, 2.45) is 11.3 Å². The molecule has 1 aliphatic heterocycles. The van der Waals surface area contributed by atoms with Gasteiger partial charge in [-0.1, -0.05) is 0 Å². The number of carbonyl (C=O) groups is 2. The number of hydrogen-bond donors (Lipinski definition) is 1. The van der Waals surface area contributed by atoms with Crippen LogP contribution < -0.4 is 10.1 Å². The predicted molar refractivity (Wildman–Crippen MR) is 138 cm³/mol. The Hall–Kier alpha value is -4.13. The maximum absolute atomic E-state index is 12.3. The van der Waals surface area contributed by atoms with Crippen LogP contribution in [0.1, 0.15) is 52.1 Å². The summed E-state index contributed by atoms with van der Waals surface area (Å²) in [5.41, 5.74) is 2.33. The Labute approximate surface area is 220 Å². The standard InChI is InChI=1S/C28H30N6O4/c1-27(2,3)38-26(36)33-15-28(16-33)11-21(12-28)37-23-14-30-19(13-29)9-22(23)18-6-7-34-20(8-18)10-24(32-34)31-25(35)17-4-5-17/h6-10,14,17,21H,4-5,11-12,15-16H2,1-3H3,(H,31,32,35). The van der Waals surface area contributed by atoms with Crippen molar-refractivity contribution in [1.29, 1.82) is 5.26 Å². The number of nitriles is 1. The molecular weight excluding hydrogens is 484 g/mol. The molecule has 10 heteroatoms. The highest BCUT2D eigenvalue weighted by Gasteiger charge is 2.55. The van der Waals surface area contributed by atoms with E-state index in [0.717, 1.165) is 42.3 Å². The molecule has 3 aliphatic rings. The molecule has 1 spiro atoms. The summed E-state index contributed by atoms with van der Waals surface area (Å²) in [5, 5.41) is 16.8. The molecule has 4 heterocycles. The van der Waals surface area contributed by atoms with Crippen LogP contribution in [0.5, 0.6) is 5.75 Å². The minimum Gasteiger partial charge on any atom is -0.488 e. The summed E-state index contributed by atoms with van der Waals surface area (Å²) in [7, 11) is 0. The lowest BCUT2D eigenvalue weighted by atomic mass is 9.62. The quantitative estimate of drug-likeness (QED) is 0.536. The minimum atomic E-state index is -0.504. The maximum atomic E-state index is 12.3. The largest absolute Gasteiger partial charge is 0.488 e. The molecule has 196 valence electrons. The molecule has 2 saturated carbocycles. The van der Waals surface area contributed by atoms with Crippen molar-refractivity contribution in [2.45, 2.75) is 58.2 Å². The lowest BCUT2D eigenvalue weighted by molar-refractivity contribution is -0.117. The second-order valence-corrected chi connectivity index (χ2v) is 11.7. The highest BCUT2D eigenvalue weighted by molar-refractivity contribution is 5.93. The van der Waals surface area contributed by atoms with E-state index in [2.05, 4.69) is 21.5 Å². The first-order valence-corrected chi connectivity index (χ1v) is 13.0. The van der Waals surface area contributed by atoms with E-state index in [1.54, 1.807) is 21.7 Å². The van der Waals surface area contributed by atoms with Gasteiger partial charge in [-0.05, 0) is 70.2 Å². The monoisotopic (exact) mass is 514 g/mol. The first-order valence-electron chi connectivity index (χ1n) is 13.0. The lowest BCUT2D eigenvalue weighted by Gasteiger charge is -2.58. The number of ether oxygens (including phenoxy) is 2. The number of carbonyl (C=O) groups excluding carboxylic acids is 2. The molecule has 10 nitrogen and oxygen atoms in total. The number of aromatic nitrogens is 3. The fourth-order valence-electron chi connectivity index (χ4n) is 5.27. The number of nitrogens with zero attached hydrogens (tertiary/aromatic N) is 5. The van der Waals surface area contributed by atoms with Crippen LogP contribution >= 0.6 is 0 Å². The molecule has 2 aliphatic carbocycles. The SMILES string of the molecule is CC(C)(C)OC(=O)N1CC2(CC(Oc3cnc(C#N)cc3-c3ccn4nc(NC(=O)C5CC5)cc4c3)C2)C1. The highest BCUT2D eigenvalue weighted by Crippen LogP contribution is 2.50. The van der Waals surface area contributed by atoms with Crippen LogP contribution in [0.3, 0.4) is 0 Å². The van der Waals surface area contributed by atoms with E-state index in [9.17, 15) is 14.9 Å². The number of likely N-dealkylation sites (tertiary alicyclic amines) is 1. The number of nitrogens with one attached hydrogen (secondary N) is 1. The Morgan fingerprint density at radius 1 is 1.18 bits per heavy atom. The third kappa shape index (κ3) is 4.76. The van der Waals surface area contributed by atoms with Gasteiger partial charge in [-0.15, -0.1) is 0 Å². The van der Waals surface area contributed by atoms with Crippen LogP contribution in [0.25, 0.3) is 16.6 Å². The van der Waals surface area contributed by atoms with Crippen LogP contribution in [0.4, 0.5) is 10.6 Å². The minimum absolute atomic E-state index is 0.00668. The topological polar surface area (TPSA) is 122 Å². The predicted octanol–water partition coefficient (Wildman–Crippen LogP) is 4.39. The highest BCUT2D eigenvalue weighted by atomic mass is 16.6. The molecule has 0 aromatic carbocycles. The van der Waals surface area contributed by atoms with Crippen molar-refractivity contribution in [3.63, 3.8) is 0 Å². The second kappa shape index (κ2) is 8.72. The summed E-state index contributed by atoms with van der Waals surface area (Å²) >= 11 is 0. The van der Waals surface area contributed by atoms with E-state index in [4.69, 9.17) is 9.47 Å². The van der Waals surface area contributed by atoms with Crippen molar-refractivity contribution < 1.29 is 19.1 Å². The third-order valence-corrected chi connectivity index (χ3v) is 7.27. The average Bonchev–Trinajstić information content (AvgIpc) is 3.58. The zero-order valence-electron chi connectivity index (χ0n) is 21.7. The molecule has 6 rings (SSSR count). The van der Waals surface area contributed by atoms with Gasteiger partial charge in [-0.25, -0.2) is 14.3 Å². The van der Waals surface area contributed by atoms with E-state index >= 15 is 0 Å². The molecule has 0 radical (unpaired) electrons. The van der Waals surface area contributed by atoms with Gasteiger partial charge in [0.05, 0.1) is 11.7 Å². The zero-order valence-corrected chi connectivity index (χ0v) is 21.7. The smallest absolute Gasteiger partial charge is 0.410 e. The number of fused-ring (bicyclic) bond motifs is 1. The van der Waals surface area contributed by atoms with Gasteiger partial charge in [0, 0.05) is 42.2 Å². The van der Waals surface area contributed by atoms with Gasteiger partial charge in [0.15, 0.2) is 5.82 Å². The first kappa shape index (κ1) is 24.2. The number of hydrogen-bond acceptors (Lipinski definition) is 7. The molecule has 3 fully saturated rings. The molecule has 2 amide bonds. The van der Waals surface area contributed by atoms with Gasteiger partial charge in [0.25, 0.3) is 0 Å². The Morgan fingerprint density at radius 2 is 1.95 bits per heavy atom. The summed E-state index contributed by atoms with van der Waals surface area (Å²) in [6.07, 6.45) is 6.72. The van der Waals surface area contributed by atoms with E-state index in [1.165, 1.54) is 0 Å². The van der Waals surface area contributed by atoms with Crippen molar-refractivity contribution in [3.05, 3.63) is 42.4 Å². The normalized spacial score (nSPS) is 18.4. The van der Waals surface area contributed by atoms with Crippen molar-refractivity contribution in [1.82, 2.24) is 19.5 Å². The summed E-state index contributed by atoms with van der Waals surface area (Å²) in [6, 6.07) is 9.53. The molecule has 0 atom stereocenters. The van der Waals surface area contributed by atoms with Gasteiger partial charge < -0.3 is 19.7 Å². The van der Waals surface area contributed by atoms with E-state index in [1.807, 2.05) is 45.2 Å². The average molecular weight is 515 g/mol. The summed E-state index contributed by atoms with van der Waals surface area (Å²) in [6.45, 7) is 6.96. The van der Waals surface area contributed by atoms with Crippen LogP contribution in [0, 0.1) is 22.7 Å². The summed E-state index contributed by atoms with van der Waals surface area (Å²) < 4.78 is 13.5. The fraction of sp³-hybridized carbons (Fsp3) is 0.464. The van der Waals surface area contributed by atoms with E-state index < -0.39 is 5.60 Å². The van der Waals surface area contributed by atoms with Gasteiger partial charge in [0.2, 0.25) is 5.91 Å². The lowest BCUT2D eigenvalue weighted by Crippen LogP contribution is -2.66. The Balaban J connectivity index is 1.15. The van der Waals surface area contributed by atoms with Crippen molar-refractivity contribution in [3.8, 4) is 22.9 Å². The molecule has 38 heavy (non-hydrogen) atoms. The van der Waals surface area contributed by atoms with Crippen LogP contribution in [-0.4, -0.2) is 56.3 Å². The van der Waals surface area contributed by atoms with Crippen LogP contribution in [0.2, 0.25) is 0 Å². The van der Waals surface area contributed by atoms with E-state index in [-0.39, 0.29) is 29.4 Å². The number of anilines is 1. The Kier molecular flexibility index (Phi) is 5.56. The third-order valence-electron chi connectivity index (χ3n) is 7.27. The Bertz CT molecular complexity index is 1460. The molecule has 0 bridgehead atoms. The van der Waals surface area contributed by atoms with Crippen molar-refractivity contribution >= 4 is 23.3 Å². The summed E-state index contributed by atoms with van der Waals surface area (Å²) in [5.74, 6) is 1.24. The first-order chi connectivity index (χ1) is 18.1. The number of rotatable bonds is 5. The number of pyridine rings is 2. The van der Waals surface area contributed by atoms with Crippen molar-refractivity contribution in [2.75, 3.05) is 18.4 Å². The Morgan fingerprint density at radius 3 is 2.63 bits per heavy atom. The van der Waals surface area contributed by atoms with Gasteiger partial charge in [0.1, 0.15) is 29.2 Å². The van der Waals surface area contributed by atoms with Gasteiger partial charge in [-0.3, -0.25) is 4.79 Å². The molecule has 0 unspecified atom stereocenters.